The van der Waals surface area contributed by atoms with Crippen LogP contribution in [0.15, 0.2) is 57.3 Å². The fourth-order valence-electron chi connectivity index (χ4n) is 4.18. The summed E-state index contributed by atoms with van der Waals surface area (Å²) < 4.78 is 17.9. The number of rotatable bonds is 12. The van der Waals surface area contributed by atoms with Crippen LogP contribution in [0.3, 0.4) is 0 Å². The lowest BCUT2D eigenvalue weighted by Gasteiger charge is -2.12. The molecule has 208 valence electrons. The number of hydrogen-bond acceptors (Lipinski definition) is 7. The maximum atomic E-state index is 13.2. The molecule has 0 saturated heterocycles. The number of Topliss-reactive ketones (excluding diaryl/α,β-unsaturated/α-hetero) is 1. The van der Waals surface area contributed by atoms with Gasteiger partial charge in [-0.1, -0.05) is 26.0 Å². The van der Waals surface area contributed by atoms with Crippen LogP contribution in [0.1, 0.15) is 81.1 Å². The molecule has 2 unspecified atom stereocenters. The number of benzene rings is 1. The van der Waals surface area contributed by atoms with E-state index in [4.69, 9.17) is 9.15 Å². The van der Waals surface area contributed by atoms with Crippen molar-refractivity contribution in [1.82, 2.24) is 4.57 Å². The second-order valence-corrected chi connectivity index (χ2v) is 9.77. The third-order valence-corrected chi connectivity index (χ3v) is 6.79. The fourth-order valence-corrected chi connectivity index (χ4v) is 4.18. The molecule has 8 nitrogen and oxygen atoms in total. The maximum absolute atomic E-state index is 13.2. The monoisotopic (exact) mass is 535 g/mol. The first kappa shape index (κ1) is 29.5. The Bertz CT molecular complexity index is 1460. The molecule has 0 amide bonds. The Hall–Kier alpha value is -4.07. The number of carbonyl (C=O) groups is 2. The minimum absolute atomic E-state index is 0.106. The summed E-state index contributed by atoms with van der Waals surface area (Å²) in [7, 11) is 3.23. The van der Waals surface area contributed by atoms with Gasteiger partial charge in [-0.25, -0.2) is 4.79 Å². The molecule has 0 aliphatic rings. The molecule has 0 aliphatic heterocycles. The van der Waals surface area contributed by atoms with Crippen molar-refractivity contribution in [2.24, 2.45) is 7.05 Å². The molecule has 2 heterocycles. The van der Waals surface area contributed by atoms with Gasteiger partial charge in [0.2, 0.25) is 0 Å². The highest BCUT2D eigenvalue weighted by Gasteiger charge is 2.22. The average Bonchev–Trinajstić information content (AvgIpc) is 3.21. The molecule has 2 aromatic heterocycles. The van der Waals surface area contributed by atoms with Crippen molar-refractivity contribution in [3.05, 3.63) is 75.5 Å². The van der Waals surface area contributed by atoms with E-state index in [0.29, 0.717) is 18.6 Å². The summed E-state index contributed by atoms with van der Waals surface area (Å²) in [4.78, 5) is 37.1. The maximum Gasteiger partial charge on any atom is 0.351 e. The predicted octanol–water partition coefficient (Wildman–Crippen LogP) is 6.30. The number of allylic oxidation sites excluding steroid dienone is 2. The molecule has 1 aromatic carbocycles. The smallest absolute Gasteiger partial charge is 0.351 e. The molecule has 8 heteroatoms. The van der Waals surface area contributed by atoms with Crippen molar-refractivity contribution in [3.8, 4) is 11.5 Å². The lowest BCUT2D eigenvalue weighted by atomic mass is 9.99. The lowest BCUT2D eigenvalue weighted by Crippen LogP contribution is -2.16. The first-order valence-electron chi connectivity index (χ1n) is 13.1. The summed E-state index contributed by atoms with van der Waals surface area (Å²) in [6.45, 7) is 7.55. The van der Waals surface area contributed by atoms with Crippen molar-refractivity contribution >= 4 is 28.7 Å². The Balaban J connectivity index is 1.78. The first-order chi connectivity index (χ1) is 18.5. The molecule has 0 fully saturated rings. The number of aromatic nitrogens is 1. The minimum Gasteiger partial charge on any atom is -0.507 e. The van der Waals surface area contributed by atoms with E-state index in [-0.39, 0.29) is 35.5 Å². The van der Waals surface area contributed by atoms with Crippen molar-refractivity contribution in [2.75, 3.05) is 7.11 Å². The molecule has 2 atom stereocenters. The van der Waals surface area contributed by atoms with Crippen LogP contribution in [-0.4, -0.2) is 34.6 Å². The van der Waals surface area contributed by atoms with Crippen LogP contribution in [0.2, 0.25) is 0 Å². The van der Waals surface area contributed by atoms with Crippen LogP contribution in [0, 0.1) is 0 Å². The first-order valence-corrected chi connectivity index (χ1v) is 13.1. The van der Waals surface area contributed by atoms with Crippen molar-refractivity contribution in [3.63, 3.8) is 0 Å². The van der Waals surface area contributed by atoms with E-state index in [0.717, 1.165) is 28.8 Å². The molecule has 3 aromatic rings. The Kier molecular flexibility index (Phi) is 9.93. The average molecular weight is 536 g/mol. The van der Waals surface area contributed by atoms with Crippen molar-refractivity contribution in [1.29, 1.82) is 0 Å². The molecule has 0 saturated carbocycles. The Morgan fingerprint density at radius 1 is 1.15 bits per heavy atom. The largest absolute Gasteiger partial charge is 0.507 e. The van der Waals surface area contributed by atoms with E-state index in [1.165, 1.54) is 13.2 Å². The van der Waals surface area contributed by atoms with Gasteiger partial charge >= 0.3 is 11.6 Å². The molecular weight excluding hydrogens is 498 g/mol. The summed E-state index contributed by atoms with van der Waals surface area (Å²) in [5.74, 6) is -0.438. The third kappa shape index (κ3) is 7.28. The predicted molar refractivity (Wildman–Crippen MR) is 151 cm³/mol. The van der Waals surface area contributed by atoms with Crippen LogP contribution in [0.4, 0.5) is 0 Å². The number of ketones is 1. The Morgan fingerprint density at radius 2 is 1.90 bits per heavy atom. The normalized spacial score (nSPS) is 13.5. The lowest BCUT2D eigenvalue weighted by molar-refractivity contribution is -0.139. The Morgan fingerprint density at radius 3 is 2.56 bits per heavy atom. The summed E-state index contributed by atoms with van der Waals surface area (Å²) in [6.07, 6.45) is 7.72. The number of aryl methyl sites for hydroxylation is 1. The van der Waals surface area contributed by atoms with Gasteiger partial charge in [-0.3, -0.25) is 9.59 Å². The highest BCUT2D eigenvalue weighted by Crippen LogP contribution is 2.28. The van der Waals surface area contributed by atoms with Crippen LogP contribution in [0.25, 0.3) is 17.0 Å². The van der Waals surface area contributed by atoms with E-state index < -0.39 is 17.2 Å². The molecular formula is C31H37NO7. The second kappa shape index (κ2) is 13.1. The number of methoxy groups -OCH3 is 1. The fraction of sp³-hybridized carbons (Fsp3) is 0.387. The Labute approximate surface area is 228 Å². The summed E-state index contributed by atoms with van der Waals surface area (Å²) in [5.41, 5.74) is 0.765. The van der Waals surface area contributed by atoms with Crippen molar-refractivity contribution < 1.29 is 28.6 Å². The zero-order valence-electron chi connectivity index (χ0n) is 23.4. The zero-order chi connectivity index (χ0) is 28.7. The van der Waals surface area contributed by atoms with E-state index in [1.54, 1.807) is 19.1 Å². The summed E-state index contributed by atoms with van der Waals surface area (Å²) >= 11 is 0. The molecule has 3 rings (SSSR count). The SMILES string of the molecule is CCC(C)Oc1ccc2c(c1)cc(C=C(C)C(=O)c1c(O)cc(C(C)CC/C=C/CC(=O)OC)oc1=O)n2C. The van der Waals surface area contributed by atoms with Gasteiger partial charge < -0.3 is 23.6 Å². The molecule has 0 spiro atoms. The minimum atomic E-state index is -0.875. The number of fused-ring (bicyclic) bond motifs is 1. The topological polar surface area (TPSA) is 108 Å². The summed E-state index contributed by atoms with van der Waals surface area (Å²) in [5, 5.41) is 11.6. The number of hydrogen-bond donors (Lipinski definition) is 1. The number of esters is 1. The molecule has 0 bridgehead atoms. The van der Waals surface area contributed by atoms with Crippen molar-refractivity contribution in [2.45, 2.75) is 65.4 Å². The number of ether oxygens (including phenoxy) is 2. The molecule has 1 N–H and O–H groups in total. The number of nitrogens with zero attached hydrogens (tertiary/aromatic N) is 1. The quantitative estimate of drug-likeness (QED) is 0.125. The summed E-state index contributed by atoms with van der Waals surface area (Å²) in [6, 6.07) is 9.13. The van der Waals surface area contributed by atoms with Gasteiger partial charge in [-0.2, -0.15) is 0 Å². The third-order valence-electron chi connectivity index (χ3n) is 6.79. The van der Waals surface area contributed by atoms with E-state index >= 15 is 0 Å². The van der Waals surface area contributed by atoms with Crippen LogP contribution in [0.5, 0.6) is 11.5 Å². The molecule has 39 heavy (non-hydrogen) atoms. The van der Waals surface area contributed by atoms with E-state index in [1.807, 2.05) is 55.8 Å². The van der Waals surface area contributed by atoms with Gasteiger partial charge in [0.1, 0.15) is 22.8 Å². The standard InChI is InChI=1S/C31H37NO7/c1-7-21(4)38-24-13-14-25-22(17-24)16-23(32(25)5)15-20(3)30(35)29-26(33)18-27(39-31(29)36)19(2)11-9-8-10-12-28(34)37-6/h8,10,13-19,21,33H,7,9,11-12H2,1-6H3/b10-8+,20-15?. The van der Waals surface area contributed by atoms with Gasteiger partial charge in [0, 0.05) is 35.6 Å². The van der Waals surface area contributed by atoms with Gasteiger partial charge in [0.05, 0.1) is 19.6 Å². The van der Waals surface area contributed by atoms with E-state index in [9.17, 15) is 19.5 Å². The molecule has 0 aliphatic carbocycles. The van der Waals surface area contributed by atoms with Gasteiger partial charge in [-0.15, -0.1) is 0 Å². The molecule has 0 radical (unpaired) electrons. The van der Waals surface area contributed by atoms with Gasteiger partial charge in [0.15, 0.2) is 5.78 Å². The second-order valence-electron chi connectivity index (χ2n) is 9.77. The number of carbonyl (C=O) groups excluding carboxylic acids is 2. The van der Waals surface area contributed by atoms with Crippen LogP contribution >= 0.6 is 0 Å². The zero-order valence-corrected chi connectivity index (χ0v) is 23.4. The number of aromatic hydroxyl groups is 1. The highest BCUT2D eigenvalue weighted by atomic mass is 16.5. The van der Waals surface area contributed by atoms with Crippen LogP contribution < -0.4 is 10.4 Å². The van der Waals surface area contributed by atoms with Gasteiger partial charge in [-0.05, 0) is 69.0 Å². The highest BCUT2D eigenvalue weighted by molar-refractivity contribution is 6.12. The van der Waals surface area contributed by atoms with Crippen LogP contribution in [-0.2, 0) is 16.6 Å². The van der Waals surface area contributed by atoms with Gasteiger partial charge in [0.25, 0.3) is 0 Å². The van der Waals surface area contributed by atoms with E-state index in [2.05, 4.69) is 11.7 Å².